The maximum absolute atomic E-state index is 14.0. The molecular formula is C19H22FN7O3S. The highest BCUT2D eigenvalue weighted by Gasteiger charge is 2.52. The van der Waals surface area contributed by atoms with Gasteiger partial charge < -0.3 is 11.2 Å². The third kappa shape index (κ3) is 3.94. The summed E-state index contributed by atoms with van der Waals surface area (Å²) >= 11 is 0.950. The Hall–Kier alpha value is -3.15. The number of hydrogen-bond acceptors (Lipinski definition) is 7. The number of carbonyl (C=O) groups excluding carboxylic acids is 3. The van der Waals surface area contributed by atoms with Gasteiger partial charge in [0.2, 0.25) is 11.1 Å². The van der Waals surface area contributed by atoms with E-state index in [1.54, 1.807) is 12.1 Å². The number of nitrogens with one attached hydrogen (secondary N) is 2. The van der Waals surface area contributed by atoms with Crippen LogP contribution in [0.4, 0.5) is 9.18 Å². The summed E-state index contributed by atoms with van der Waals surface area (Å²) in [4.78, 5) is 37.4. The molecule has 2 fully saturated rings. The van der Waals surface area contributed by atoms with Crippen LogP contribution in [-0.4, -0.2) is 49.0 Å². The Morgan fingerprint density at radius 2 is 2.03 bits per heavy atom. The lowest BCUT2D eigenvalue weighted by Crippen LogP contribution is -2.51. The van der Waals surface area contributed by atoms with Crippen molar-refractivity contribution < 1.29 is 18.8 Å². The Bertz CT molecular complexity index is 1040. The summed E-state index contributed by atoms with van der Waals surface area (Å²) in [5.41, 5.74) is 1.60. The maximum atomic E-state index is 14.0. The second kappa shape index (κ2) is 8.17. The van der Waals surface area contributed by atoms with Gasteiger partial charge in [-0.15, -0.1) is 10.2 Å². The number of carbonyl (C=O) groups is 3. The molecule has 4 rings (SSSR count). The van der Waals surface area contributed by atoms with Crippen molar-refractivity contribution in [3.05, 3.63) is 30.1 Å². The number of nitrogens with zero attached hydrogens (tertiary/aromatic N) is 4. The van der Waals surface area contributed by atoms with Crippen LogP contribution in [0.25, 0.3) is 11.4 Å². The molecule has 1 aliphatic heterocycles. The molecule has 1 saturated heterocycles. The van der Waals surface area contributed by atoms with Crippen LogP contribution in [0.3, 0.4) is 0 Å². The molecule has 12 heteroatoms. The highest BCUT2D eigenvalue weighted by Crippen LogP contribution is 2.35. The van der Waals surface area contributed by atoms with Gasteiger partial charge in [-0.25, -0.2) is 13.9 Å². The lowest BCUT2D eigenvalue weighted by atomic mass is 9.77. The van der Waals surface area contributed by atoms with Crippen molar-refractivity contribution >= 4 is 29.6 Å². The van der Waals surface area contributed by atoms with E-state index >= 15 is 0 Å². The first kappa shape index (κ1) is 21.1. The molecule has 1 aliphatic carbocycles. The van der Waals surface area contributed by atoms with Gasteiger partial charge in [-0.1, -0.05) is 30.8 Å². The molecule has 0 bridgehead atoms. The largest absolute Gasteiger partial charge is 0.344 e. The second-order valence-corrected chi connectivity index (χ2v) is 8.76. The van der Waals surface area contributed by atoms with E-state index < -0.39 is 29.2 Å². The number of aromatic nitrogens is 3. The molecule has 1 aromatic carbocycles. The molecule has 164 valence electrons. The second-order valence-electron chi connectivity index (χ2n) is 7.82. The van der Waals surface area contributed by atoms with Crippen molar-refractivity contribution in [2.45, 2.75) is 43.3 Å². The summed E-state index contributed by atoms with van der Waals surface area (Å²) < 4.78 is 15.1. The van der Waals surface area contributed by atoms with Gasteiger partial charge in [0.1, 0.15) is 11.4 Å². The Balaban J connectivity index is 1.38. The van der Waals surface area contributed by atoms with Crippen LogP contribution in [0, 0.1) is 11.7 Å². The minimum Gasteiger partial charge on any atom is -0.335 e. The van der Waals surface area contributed by atoms with Gasteiger partial charge in [-0.05, 0) is 43.7 Å². The average molecular weight is 447 g/mol. The van der Waals surface area contributed by atoms with E-state index in [9.17, 15) is 18.8 Å². The molecule has 4 amide bonds. The number of urea groups is 1. The van der Waals surface area contributed by atoms with Crippen LogP contribution < -0.4 is 16.6 Å². The van der Waals surface area contributed by atoms with Crippen LogP contribution in [0.2, 0.25) is 0 Å². The molecule has 31 heavy (non-hydrogen) atoms. The zero-order valence-corrected chi connectivity index (χ0v) is 17.6. The quantitative estimate of drug-likeness (QED) is 0.358. The molecule has 10 nitrogen and oxygen atoms in total. The Morgan fingerprint density at radius 1 is 1.32 bits per heavy atom. The van der Waals surface area contributed by atoms with E-state index in [2.05, 4.69) is 27.9 Å². The zero-order valence-electron chi connectivity index (χ0n) is 16.8. The molecule has 0 radical (unpaired) electrons. The summed E-state index contributed by atoms with van der Waals surface area (Å²) in [7, 11) is 0. The Morgan fingerprint density at radius 3 is 2.74 bits per heavy atom. The number of amides is 4. The predicted molar refractivity (Wildman–Crippen MR) is 110 cm³/mol. The van der Waals surface area contributed by atoms with Crippen LogP contribution in [0.1, 0.15) is 32.6 Å². The van der Waals surface area contributed by atoms with Gasteiger partial charge in [0, 0.05) is 0 Å². The minimum atomic E-state index is -0.934. The molecule has 1 aromatic heterocycles. The first-order valence-corrected chi connectivity index (χ1v) is 10.8. The average Bonchev–Trinajstić information content (AvgIpc) is 3.22. The third-order valence-electron chi connectivity index (χ3n) is 5.64. The van der Waals surface area contributed by atoms with Crippen molar-refractivity contribution in [3.63, 3.8) is 0 Å². The van der Waals surface area contributed by atoms with Crippen LogP contribution >= 0.6 is 11.8 Å². The van der Waals surface area contributed by atoms with Crippen LogP contribution in [0.15, 0.2) is 29.4 Å². The van der Waals surface area contributed by atoms with Crippen molar-refractivity contribution in [3.8, 4) is 11.4 Å². The Kier molecular flexibility index (Phi) is 5.56. The van der Waals surface area contributed by atoms with Gasteiger partial charge in [0.05, 0.1) is 11.3 Å². The molecule has 1 saturated carbocycles. The Labute approximate surface area is 181 Å². The summed E-state index contributed by atoms with van der Waals surface area (Å²) in [6.45, 7) is 2.11. The number of nitrogen functional groups attached to an aromatic ring is 1. The summed E-state index contributed by atoms with van der Waals surface area (Å²) in [5, 5.41) is 11.4. The minimum absolute atomic E-state index is 0.114. The number of hydrazine groups is 1. The van der Waals surface area contributed by atoms with E-state index in [-0.39, 0.29) is 22.3 Å². The van der Waals surface area contributed by atoms with Gasteiger partial charge in [-0.3, -0.25) is 15.0 Å². The molecule has 1 spiro atoms. The zero-order chi connectivity index (χ0) is 22.2. The normalized spacial score (nSPS) is 23.3. The molecule has 2 heterocycles. The smallest absolute Gasteiger partial charge is 0.335 e. The summed E-state index contributed by atoms with van der Waals surface area (Å²) in [6.07, 6.45) is 2.77. The number of benzene rings is 1. The van der Waals surface area contributed by atoms with Crippen molar-refractivity contribution in [1.29, 1.82) is 0 Å². The van der Waals surface area contributed by atoms with E-state index in [1.165, 1.54) is 12.1 Å². The standard InChI is InChI=1S/C19H22FN7O3S/c1-11-6-8-19(9-7-11)16(29)27(17(30)22-19)25-14(28)10-31-18-24-23-15(26(18)21)12-4-2-3-5-13(12)20/h2-5,11H,6-10,21H2,1H3,(H,22,30)(H,25,28). The molecular weight excluding hydrogens is 425 g/mol. The molecule has 2 aliphatic rings. The number of rotatable bonds is 5. The summed E-state index contributed by atoms with van der Waals surface area (Å²) in [5.74, 6) is 4.87. The van der Waals surface area contributed by atoms with E-state index in [0.717, 1.165) is 34.3 Å². The topological polar surface area (TPSA) is 135 Å². The van der Waals surface area contributed by atoms with E-state index in [0.29, 0.717) is 18.8 Å². The predicted octanol–water partition coefficient (Wildman–Crippen LogP) is 1.42. The van der Waals surface area contributed by atoms with E-state index in [1.807, 2.05) is 0 Å². The van der Waals surface area contributed by atoms with Gasteiger partial charge >= 0.3 is 6.03 Å². The SMILES string of the molecule is CC1CCC2(CC1)NC(=O)N(NC(=O)CSc1nnc(-c3ccccc3F)n1N)C2=O. The number of thioether (sulfide) groups is 1. The van der Waals surface area contributed by atoms with E-state index in [4.69, 9.17) is 5.84 Å². The molecule has 2 aromatic rings. The lowest BCUT2D eigenvalue weighted by Gasteiger charge is -2.33. The molecule has 4 N–H and O–H groups in total. The van der Waals surface area contributed by atoms with Crippen molar-refractivity contribution in [1.82, 2.24) is 30.6 Å². The molecule has 0 unspecified atom stereocenters. The fourth-order valence-electron chi connectivity index (χ4n) is 3.80. The highest BCUT2D eigenvalue weighted by molar-refractivity contribution is 7.99. The first-order chi connectivity index (χ1) is 14.8. The number of imide groups is 1. The van der Waals surface area contributed by atoms with Crippen molar-refractivity contribution in [2.75, 3.05) is 11.6 Å². The van der Waals surface area contributed by atoms with Crippen molar-refractivity contribution in [2.24, 2.45) is 5.92 Å². The fraction of sp³-hybridized carbons (Fsp3) is 0.421. The van der Waals surface area contributed by atoms with Crippen LogP contribution in [-0.2, 0) is 9.59 Å². The number of nitrogens with two attached hydrogens (primary N) is 1. The lowest BCUT2D eigenvalue weighted by molar-refractivity contribution is -0.139. The van der Waals surface area contributed by atoms with Gasteiger partial charge in [0.15, 0.2) is 5.82 Å². The number of halogens is 1. The summed E-state index contributed by atoms with van der Waals surface area (Å²) in [6, 6.07) is 5.35. The fourth-order valence-corrected chi connectivity index (χ4v) is 4.45. The monoisotopic (exact) mass is 447 g/mol. The van der Waals surface area contributed by atoms with Gasteiger partial charge in [-0.2, -0.15) is 5.01 Å². The molecule has 0 atom stereocenters. The third-order valence-corrected chi connectivity index (χ3v) is 6.58. The first-order valence-electron chi connectivity index (χ1n) is 9.85. The van der Waals surface area contributed by atoms with Crippen LogP contribution in [0.5, 0.6) is 0 Å². The highest BCUT2D eigenvalue weighted by atomic mass is 32.2. The van der Waals surface area contributed by atoms with Gasteiger partial charge in [0.25, 0.3) is 5.91 Å². The maximum Gasteiger partial charge on any atom is 0.344 e. The number of hydrogen-bond donors (Lipinski definition) is 3.